The van der Waals surface area contributed by atoms with Crippen LogP contribution < -0.4 is 0 Å². The molecule has 0 aromatic heterocycles. The fourth-order valence-electron chi connectivity index (χ4n) is 2.43. The number of amides is 2. The van der Waals surface area contributed by atoms with Crippen molar-refractivity contribution in [2.24, 2.45) is 0 Å². The maximum Gasteiger partial charge on any atom is 0.342 e. The molecule has 0 radical (unpaired) electrons. The molecule has 0 bridgehead atoms. The van der Waals surface area contributed by atoms with Gasteiger partial charge >= 0.3 is 5.97 Å². The Labute approximate surface area is 148 Å². The van der Waals surface area contributed by atoms with Gasteiger partial charge in [0.1, 0.15) is 5.60 Å². The van der Waals surface area contributed by atoms with Gasteiger partial charge in [-0.15, -0.1) is 5.73 Å². The smallest absolute Gasteiger partial charge is 0.342 e. The molecule has 0 aliphatic carbocycles. The molecule has 132 valence electrons. The van der Waals surface area contributed by atoms with Gasteiger partial charge in [0.25, 0.3) is 11.8 Å². The highest BCUT2D eigenvalue weighted by Gasteiger charge is 2.34. The van der Waals surface area contributed by atoms with E-state index in [1.54, 1.807) is 37.3 Å². The van der Waals surface area contributed by atoms with E-state index in [2.05, 4.69) is 5.73 Å². The quantitative estimate of drug-likeness (QED) is 0.270. The molecule has 2 amide bonds. The Morgan fingerprint density at radius 3 is 2.24 bits per heavy atom. The van der Waals surface area contributed by atoms with Crippen molar-refractivity contribution >= 4 is 17.8 Å². The number of nitrogens with zero attached hydrogens (tertiary/aromatic N) is 1. The van der Waals surface area contributed by atoms with Gasteiger partial charge in [0, 0.05) is 6.54 Å². The van der Waals surface area contributed by atoms with Gasteiger partial charge in [0.15, 0.2) is 0 Å². The number of fused-ring (bicyclic) bond motifs is 1. The van der Waals surface area contributed by atoms with E-state index in [4.69, 9.17) is 4.74 Å². The number of hydrogen-bond acceptors (Lipinski definition) is 4. The standard InChI is InChI=1S/C20H23NO4/c1-14(19(24)25-20(2,3)4)10-6-5-9-13-21-17(22)15-11-7-8-12-16(15)18(21)23/h6-8,11-12H,5,9,13H2,1-4H3. The minimum atomic E-state index is -0.536. The lowest BCUT2D eigenvalue weighted by Gasteiger charge is -2.19. The fraction of sp³-hybridized carbons (Fsp3) is 0.400. The molecule has 0 saturated heterocycles. The maximum absolute atomic E-state index is 12.2. The van der Waals surface area contributed by atoms with Crippen LogP contribution in [0.4, 0.5) is 0 Å². The van der Waals surface area contributed by atoms with Crippen LogP contribution in [-0.4, -0.2) is 34.8 Å². The van der Waals surface area contributed by atoms with Gasteiger partial charge in [-0.05, 0) is 58.7 Å². The molecule has 1 aliphatic heterocycles. The molecule has 0 N–H and O–H groups in total. The molecule has 2 rings (SSSR count). The molecule has 0 unspecified atom stereocenters. The molecule has 1 aromatic carbocycles. The third-order valence-corrected chi connectivity index (χ3v) is 3.63. The highest BCUT2D eigenvalue weighted by molar-refractivity contribution is 6.21. The summed E-state index contributed by atoms with van der Waals surface area (Å²) in [6.45, 7) is 7.42. The van der Waals surface area contributed by atoms with Crippen LogP contribution in [0.15, 0.2) is 41.6 Å². The van der Waals surface area contributed by atoms with Crippen LogP contribution in [0.3, 0.4) is 0 Å². The monoisotopic (exact) mass is 341 g/mol. The SMILES string of the molecule is CC(=C=CCCCN1C(=O)c2ccccc2C1=O)C(=O)OC(C)(C)C. The van der Waals surface area contributed by atoms with Crippen LogP contribution >= 0.6 is 0 Å². The van der Waals surface area contributed by atoms with Crippen molar-refractivity contribution in [1.82, 2.24) is 4.90 Å². The van der Waals surface area contributed by atoms with Gasteiger partial charge in [-0.1, -0.05) is 12.1 Å². The highest BCUT2D eigenvalue weighted by Crippen LogP contribution is 2.22. The minimum absolute atomic E-state index is 0.245. The molecule has 0 atom stereocenters. The van der Waals surface area contributed by atoms with E-state index < -0.39 is 11.6 Å². The van der Waals surface area contributed by atoms with Gasteiger partial charge in [0.2, 0.25) is 0 Å². The van der Waals surface area contributed by atoms with E-state index in [1.165, 1.54) is 4.90 Å². The van der Waals surface area contributed by atoms with Crippen LogP contribution in [0, 0.1) is 0 Å². The summed E-state index contributed by atoms with van der Waals surface area (Å²) in [7, 11) is 0. The predicted octanol–water partition coefficient (Wildman–Crippen LogP) is 3.51. The van der Waals surface area contributed by atoms with Crippen LogP contribution in [0.2, 0.25) is 0 Å². The van der Waals surface area contributed by atoms with Gasteiger partial charge in [-0.3, -0.25) is 14.5 Å². The van der Waals surface area contributed by atoms with Gasteiger partial charge in [0.05, 0.1) is 16.7 Å². The number of unbranched alkanes of at least 4 members (excludes halogenated alkanes) is 1. The minimum Gasteiger partial charge on any atom is -0.456 e. The lowest BCUT2D eigenvalue weighted by Crippen LogP contribution is -2.30. The van der Waals surface area contributed by atoms with Crippen molar-refractivity contribution in [2.45, 2.75) is 46.1 Å². The molecule has 5 heteroatoms. The second kappa shape index (κ2) is 7.49. The summed E-state index contributed by atoms with van der Waals surface area (Å²) in [4.78, 5) is 37.5. The van der Waals surface area contributed by atoms with E-state index in [9.17, 15) is 14.4 Å². The third kappa shape index (κ3) is 4.68. The van der Waals surface area contributed by atoms with E-state index in [-0.39, 0.29) is 11.8 Å². The predicted molar refractivity (Wildman–Crippen MR) is 94.2 cm³/mol. The van der Waals surface area contributed by atoms with Crippen molar-refractivity contribution in [1.29, 1.82) is 0 Å². The summed E-state index contributed by atoms with van der Waals surface area (Å²) in [5, 5.41) is 0. The van der Waals surface area contributed by atoms with Crippen LogP contribution in [0.5, 0.6) is 0 Å². The second-order valence-corrected chi connectivity index (χ2v) is 6.93. The number of imide groups is 1. The first-order valence-corrected chi connectivity index (χ1v) is 8.31. The Hall–Kier alpha value is -2.65. The number of hydrogen-bond donors (Lipinski definition) is 0. The lowest BCUT2D eigenvalue weighted by atomic mass is 10.1. The van der Waals surface area contributed by atoms with Crippen molar-refractivity contribution in [3.63, 3.8) is 0 Å². The van der Waals surface area contributed by atoms with E-state index in [0.717, 1.165) is 0 Å². The van der Waals surface area contributed by atoms with Gasteiger partial charge in [-0.25, -0.2) is 4.79 Å². The topological polar surface area (TPSA) is 63.7 Å². The zero-order valence-electron chi connectivity index (χ0n) is 15.1. The Morgan fingerprint density at radius 1 is 1.16 bits per heavy atom. The van der Waals surface area contributed by atoms with E-state index in [0.29, 0.717) is 36.1 Å². The largest absolute Gasteiger partial charge is 0.456 e. The Morgan fingerprint density at radius 2 is 1.72 bits per heavy atom. The summed E-state index contributed by atoms with van der Waals surface area (Å²) in [6.07, 6.45) is 2.95. The normalized spacial score (nSPS) is 13.4. The summed E-state index contributed by atoms with van der Waals surface area (Å²) < 4.78 is 5.25. The van der Waals surface area contributed by atoms with E-state index in [1.807, 2.05) is 20.8 Å². The number of esters is 1. The maximum atomic E-state index is 12.2. The lowest BCUT2D eigenvalue weighted by molar-refractivity contribution is -0.149. The molecule has 1 aliphatic rings. The Balaban J connectivity index is 1.88. The first-order valence-electron chi connectivity index (χ1n) is 8.31. The molecule has 0 spiro atoms. The summed E-state index contributed by atoms with van der Waals surface area (Å²) in [5.74, 6) is -0.890. The number of ether oxygens (including phenoxy) is 1. The number of carbonyl (C=O) groups excluding carboxylic acids is 3. The molecule has 1 heterocycles. The van der Waals surface area contributed by atoms with E-state index >= 15 is 0 Å². The van der Waals surface area contributed by atoms with Crippen molar-refractivity contribution in [3.05, 3.63) is 52.8 Å². The average molecular weight is 341 g/mol. The van der Waals surface area contributed by atoms with Crippen molar-refractivity contribution in [2.75, 3.05) is 6.54 Å². The molecule has 0 fully saturated rings. The Kier molecular flexibility index (Phi) is 5.60. The fourth-order valence-corrected chi connectivity index (χ4v) is 2.43. The van der Waals surface area contributed by atoms with Crippen LogP contribution in [-0.2, 0) is 9.53 Å². The van der Waals surface area contributed by atoms with Crippen molar-refractivity contribution < 1.29 is 19.1 Å². The average Bonchev–Trinajstić information content (AvgIpc) is 2.78. The number of benzene rings is 1. The summed E-state index contributed by atoms with van der Waals surface area (Å²) in [6, 6.07) is 6.84. The van der Waals surface area contributed by atoms with Crippen molar-refractivity contribution in [3.8, 4) is 0 Å². The highest BCUT2D eigenvalue weighted by atomic mass is 16.6. The summed E-state index contributed by atoms with van der Waals surface area (Å²) >= 11 is 0. The molecule has 0 saturated carbocycles. The first kappa shape index (κ1) is 18.7. The molecular weight excluding hydrogens is 318 g/mol. The Bertz CT molecular complexity index is 729. The second-order valence-electron chi connectivity index (χ2n) is 6.93. The zero-order valence-corrected chi connectivity index (χ0v) is 15.1. The van der Waals surface area contributed by atoms with Gasteiger partial charge < -0.3 is 4.74 Å². The van der Waals surface area contributed by atoms with Gasteiger partial charge in [-0.2, -0.15) is 0 Å². The summed E-state index contributed by atoms with van der Waals surface area (Å²) in [5.41, 5.74) is 3.68. The molecule has 25 heavy (non-hydrogen) atoms. The number of carbonyl (C=O) groups is 3. The first-order chi connectivity index (χ1) is 11.7. The van der Waals surface area contributed by atoms with Crippen LogP contribution in [0.1, 0.15) is 61.3 Å². The van der Waals surface area contributed by atoms with Crippen LogP contribution in [0.25, 0.3) is 0 Å². The molecule has 5 nitrogen and oxygen atoms in total. The zero-order chi connectivity index (χ0) is 18.6. The molecule has 1 aromatic rings. The molecular formula is C20H23NO4. The third-order valence-electron chi connectivity index (χ3n) is 3.63. The number of rotatable bonds is 5.